The van der Waals surface area contributed by atoms with Crippen molar-refractivity contribution in [1.82, 2.24) is 19.1 Å². The number of benzene rings is 5. The summed E-state index contributed by atoms with van der Waals surface area (Å²) in [5, 5.41) is 16.4. The van der Waals surface area contributed by atoms with Gasteiger partial charge in [-0.25, -0.2) is 9.97 Å². The Balaban J connectivity index is 1.18. The van der Waals surface area contributed by atoms with Crippen LogP contribution in [-0.2, 0) is 0 Å². The lowest BCUT2D eigenvalue weighted by Crippen LogP contribution is -1.97. The zero-order valence-corrected chi connectivity index (χ0v) is 23.4. The van der Waals surface area contributed by atoms with Gasteiger partial charge in [0.1, 0.15) is 22.8 Å². The van der Waals surface area contributed by atoms with Crippen molar-refractivity contribution in [3.63, 3.8) is 0 Å². The van der Waals surface area contributed by atoms with Crippen molar-refractivity contribution in [1.29, 1.82) is 0 Å². The molecule has 0 saturated heterocycles. The molecule has 0 spiro atoms. The molecule has 0 unspecified atom stereocenters. The first-order valence-electron chi connectivity index (χ1n) is 14.5. The molecule has 0 aliphatic heterocycles. The maximum Gasteiger partial charge on any atom is 0.219 e. The molecular weight excluding hydrogens is 544 g/mol. The Morgan fingerprint density at radius 2 is 1.14 bits per heavy atom. The van der Waals surface area contributed by atoms with Crippen molar-refractivity contribution in [2.45, 2.75) is 0 Å². The molecule has 6 heteroatoms. The van der Waals surface area contributed by atoms with Crippen LogP contribution in [0.2, 0.25) is 0 Å². The molecule has 208 valence electrons. The van der Waals surface area contributed by atoms with Crippen LogP contribution in [0.1, 0.15) is 0 Å². The first-order valence-corrected chi connectivity index (χ1v) is 14.5. The van der Waals surface area contributed by atoms with Gasteiger partial charge in [-0.05, 0) is 60.7 Å². The number of hydrogen-bond donors (Lipinski definition) is 1. The molecule has 6 nitrogen and oxygen atoms in total. The Labute approximate surface area is 251 Å². The molecule has 5 aromatic carbocycles. The Bertz CT molecular complexity index is 2490. The third kappa shape index (κ3) is 3.61. The van der Waals surface area contributed by atoms with Gasteiger partial charge in [-0.2, -0.15) is 0 Å². The summed E-state index contributed by atoms with van der Waals surface area (Å²) in [6.07, 6.45) is 1.80. The van der Waals surface area contributed by atoms with Crippen LogP contribution in [0.25, 0.3) is 66.0 Å². The predicted molar refractivity (Wildman–Crippen MR) is 176 cm³/mol. The van der Waals surface area contributed by atoms with Crippen LogP contribution in [0.5, 0.6) is 17.4 Å². The van der Waals surface area contributed by atoms with E-state index in [1.54, 1.807) is 12.3 Å². The third-order valence-electron chi connectivity index (χ3n) is 8.35. The number of nitrogens with zero attached hydrogens (tertiary/aromatic N) is 4. The molecule has 0 fully saturated rings. The van der Waals surface area contributed by atoms with Crippen molar-refractivity contribution in [2.24, 2.45) is 0 Å². The van der Waals surface area contributed by atoms with Crippen LogP contribution in [-0.4, -0.2) is 24.2 Å². The normalized spacial score (nSPS) is 11.7. The number of aromatic nitrogens is 4. The largest absolute Gasteiger partial charge is 0.506 e. The van der Waals surface area contributed by atoms with Gasteiger partial charge in [0.2, 0.25) is 5.88 Å². The third-order valence-corrected chi connectivity index (χ3v) is 8.35. The van der Waals surface area contributed by atoms with Crippen LogP contribution in [0.3, 0.4) is 0 Å². The Morgan fingerprint density at radius 1 is 0.523 bits per heavy atom. The summed E-state index contributed by atoms with van der Waals surface area (Å²) in [6, 6.07) is 44.5. The predicted octanol–water partition coefficient (Wildman–Crippen LogP) is 9.32. The standard InChI is InChI=1S/C38H24N4O2/c43-35-20-19-33(41-30-12-4-1-9-25(30)26-10-2-5-13-31(26)41)29-18-21-37(40-38(29)35)44-24-16-17-28-27-11-3-6-14-32(27)42(34(28)23-24)36-15-7-8-22-39-36/h1-23,43H. The summed E-state index contributed by atoms with van der Waals surface area (Å²) in [4.78, 5) is 9.43. The van der Waals surface area contributed by atoms with Gasteiger partial charge in [-0.3, -0.25) is 4.57 Å². The highest BCUT2D eigenvalue weighted by Gasteiger charge is 2.17. The number of phenols is 1. The van der Waals surface area contributed by atoms with Crippen molar-refractivity contribution >= 4 is 54.5 Å². The molecule has 0 atom stereocenters. The van der Waals surface area contributed by atoms with E-state index in [4.69, 9.17) is 9.72 Å². The van der Waals surface area contributed by atoms with Crippen LogP contribution < -0.4 is 4.74 Å². The second-order valence-corrected chi connectivity index (χ2v) is 10.8. The maximum atomic E-state index is 11.0. The first kappa shape index (κ1) is 24.5. The van der Waals surface area contributed by atoms with E-state index in [2.05, 4.69) is 80.8 Å². The number of para-hydroxylation sites is 3. The van der Waals surface area contributed by atoms with E-state index in [1.807, 2.05) is 60.7 Å². The molecule has 1 N–H and O–H groups in total. The molecule has 0 aliphatic carbocycles. The van der Waals surface area contributed by atoms with Crippen LogP contribution in [0.15, 0.2) is 140 Å². The van der Waals surface area contributed by atoms with Gasteiger partial charge in [-0.15, -0.1) is 0 Å². The van der Waals surface area contributed by atoms with Crippen molar-refractivity contribution < 1.29 is 9.84 Å². The maximum absolute atomic E-state index is 11.0. The van der Waals surface area contributed by atoms with E-state index >= 15 is 0 Å². The summed E-state index contributed by atoms with van der Waals surface area (Å²) in [7, 11) is 0. The molecule has 4 aromatic heterocycles. The molecular formula is C38H24N4O2. The molecule has 0 aliphatic rings. The van der Waals surface area contributed by atoms with Gasteiger partial charge in [0, 0.05) is 45.3 Å². The van der Waals surface area contributed by atoms with E-state index < -0.39 is 0 Å². The lowest BCUT2D eigenvalue weighted by molar-refractivity contribution is 0.460. The van der Waals surface area contributed by atoms with Gasteiger partial charge in [0.05, 0.1) is 27.8 Å². The van der Waals surface area contributed by atoms with Crippen molar-refractivity contribution in [3.8, 4) is 28.9 Å². The highest BCUT2D eigenvalue weighted by molar-refractivity contribution is 6.11. The monoisotopic (exact) mass is 568 g/mol. The topological polar surface area (TPSA) is 65.1 Å². The van der Waals surface area contributed by atoms with Crippen LogP contribution >= 0.6 is 0 Å². The average molecular weight is 569 g/mol. The number of aromatic hydroxyl groups is 1. The fraction of sp³-hybridized carbons (Fsp3) is 0. The smallest absolute Gasteiger partial charge is 0.219 e. The second kappa shape index (κ2) is 9.44. The van der Waals surface area contributed by atoms with Crippen LogP contribution in [0.4, 0.5) is 0 Å². The average Bonchev–Trinajstić information content (AvgIpc) is 3.58. The zero-order chi connectivity index (χ0) is 29.2. The number of hydrogen-bond acceptors (Lipinski definition) is 4. The minimum atomic E-state index is 0.0979. The van der Waals surface area contributed by atoms with Gasteiger partial charge in [-0.1, -0.05) is 60.7 Å². The summed E-state index contributed by atoms with van der Waals surface area (Å²) in [6.45, 7) is 0. The number of fused-ring (bicyclic) bond motifs is 7. The minimum Gasteiger partial charge on any atom is -0.506 e. The SMILES string of the molecule is Oc1ccc(-n2c3ccccc3c3ccccc32)c2ccc(Oc3ccc4c5ccccc5n(-c5ccccn5)c4c3)nc12. The highest BCUT2D eigenvalue weighted by Crippen LogP contribution is 2.38. The molecule has 4 heterocycles. The Morgan fingerprint density at radius 3 is 1.82 bits per heavy atom. The summed E-state index contributed by atoms with van der Waals surface area (Å²) in [5.74, 6) is 1.97. The van der Waals surface area contributed by atoms with Crippen molar-refractivity contribution in [2.75, 3.05) is 0 Å². The van der Waals surface area contributed by atoms with Crippen LogP contribution in [0, 0.1) is 0 Å². The fourth-order valence-corrected chi connectivity index (χ4v) is 6.47. The van der Waals surface area contributed by atoms with E-state index in [1.165, 1.54) is 10.8 Å². The van der Waals surface area contributed by atoms with E-state index in [9.17, 15) is 5.11 Å². The molecule has 0 bridgehead atoms. The van der Waals surface area contributed by atoms with E-state index in [0.717, 1.165) is 49.7 Å². The molecule has 9 aromatic rings. The molecule has 0 radical (unpaired) electrons. The quantitative estimate of drug-likeness (QED) is 0.230. The summed E-state index contributed by atoms with van der Waals surface area (Å²) < 4.78 is 10.7. The minimum absolute atomic E-state index is 0.0979. The summed E-state index contributed by atoms with van der Waals surface area (Å²) in [5.41, 5.74) is 5.67. The van der Waals surface area contributed by atoms with E-state index in [-0.39, 0.29) is 5.75 Å². The zero-order valence-electron chi connectivity index (χ0n) is 23.4. The molecule has 0 saturated carbocycles. The van der Waals surface area contributed by atoms with E-state index in [0.29, 0.717) is 17.1 Å². The number of ether oxygens (including phenoxy) is 1. The Hall–Kier alpha value is -6.14. The second-order valence-electron chi connectivity index (χ2n) is 10.8. The molecule has 9 rings (SSSR count). The molecule has 44 heavy (non-hydrogen) atoms. The lowest BCUT2D eigenvalue weighted by Gasteiger charge is -2.13. The number of rotatable bonds is 4. The van der Waals surface area contributed by atoms with Crippen molar-refractivity contribution in [3.05, 3.63) is 140 Å². The Kier molecular flexibility index (Phi) is 5.25. The van der Waals surface area contributed by atoms with Gasteiger partial charge in [0.25, 0.3) is 0 Å². The summed E-state index contributed by atoms with van der Waals surface area (Å²) >= 11 is 0. The molecule has 0 amide bonds. The number of phenolic OH excluding ortho intramolecular Hbond substituents is 1. The number of pyridine rings is 2. The van der Waals surface area contributed by atoms with Gasteiger partial charge in [0.15, 0.2) is 0 Å². The fourth-order valence-electron chi connectivity index (χ4n) is 6.47. The highest BCUT2D eigenvalue weighted by atomic mass is 16.5. The van der Waals surface area contributed by atoms with Gasteiger partial charge < -0.3 is 14.4 Å². The first-order chi connectivity index (χ1) is 21.7. The lowest BCUT2D eigenvalue weighted by atomic mass is 10.1. The van der Waals surface area contributed by atoms with Gasteiger partial charge >= 0.3 is 0 Å².